The van der Waals surface area contributed by atoms with Crippen molar-refractivity contribution < 1.29 is 4.74 Å². The van der Waals surface area contributed by atoms with Gasteiger partial charge >= 0.3 is 0 Å². The number of nitrogens with one attached hydrogen (secondary N) is 1. The van der Waals surface area contributed by atoms with E-state index in [1.54, 1.807) is 0 Å². The summed E-state index contributed by atoms with van der Waals surface area (Å²) in [5.41, 5.74) is 0. The third kappa shape index (κ3) is 11.9. The van der Waals surface area contributed by atoms with Crippen molar-refractivity contribution >= 4 is 0 Å². The first kappa shape index (κ1) is 12.9. The number of likely N-dealkylation sites (N-methyl/N-ethyl adjacent to an activating group) is 1. The number of hydrogen-bond donors (Lipinski definition) is 1. The van der Waals surface area contributed by atoms with E-state index in [0.29, 0.717) is 0 Å². The van der Waals surface area contributed by atoms with Gasteiger partial charge in [0.25, 0.3) is 0 Å². The van der Waals surface area contributed by atoms with Gasteiger partial charge in [-0.15, -0.1) is 0 Å². The molecule has 0 saturated carbocycles. The van der Waals surface area contributed by atoms with Crippen LogP contribution in [0.2, 0.25) is 0 Å². The normalized spacial score (nSPS) is 11.1. The zero-order valence-electron chi connectivity index (χ0n) is 9.31. The van der Waals surface area contributed by atoms with Crippen LogP contribution in [-0.2, 0) is 4.74 Å². The van der Waals surface area contributed by atoms with Crippen molar-refractivity contribution in [3.8, 4) is 0 Å². The molecule has 0 aromatic rings. The summed E-state index contributed by atoms with van der Waals surface area (Å²) >= 11 is 0. The molecule has 3 heteroatoms. The predicted octanol–water partition coefficient (Wildman–Crippen LogP) is 0.954. The zero-order valence-corrected chi connectivity index (χ0v) is 9.31. The molecule has 0 spiro atoms. The second-order valence-electron chi connectivity index (χ2n) is 3.52. The Kier molecular flexibility index (Phi) is 9.87. The van der Waals surface area contributed by atoms with Crippen LogP contribution in [0.4, 0.5) is 0 Å². The predicted molar refractivity (Wildman–Crippen MR) is 57.2 cm³/mol. The van der Waals surface area contributed by atoms with E-state index >= 15 is 0 Å². The van der Waals surface area contributed by atoms with Gasteiger partial charge in [0.1, 0.15) is 0 Å². The molecular formula is C10H24N2O. The number of nitrogens with zero attached hydrogens (tertiary/aromatic N) is 1. The van der Waals surface area contributed by atoms with E-state index in [0.717, 1.165) is 32.8 Å². The minimum atomic E-state index is 0.831. The Labute approximate surface area is 82.4 Å². The van der Waals surface area contributed by atoms with Crippen molar-refractivity contribution in [1.29, 1.82) is 0 Å². The molecule has 0 unspecified atom stereocenters. The van der Waals surface area contributed by atoms with E-state index in [1.165, 1.54) is 12.8 Å². The second-order valence-corrected chi connectivity index (χ2v) is 3.52. The van der Waals surface area contributed by atoms with Crippen molar-refractivity contribution in [2.24, 2.45) is 0 Å². The summed E-state index contributed by atoms with van der Waals surface area (Å²) in [6.07, 6.45) is 2.52. The molecule has 0 fully saturated rings. The summed E-state index contributed by atoms with van der Waals surface area (Å²) in [6, 6.07) is 0. The van der Waals surface area contributed by atoms with Gasteiger partial charge in [0.15, 0.2) is 0 Å². The Morgan fingerprint density at radius 1 is 1.15 bits per heavy atom. The molecule has 1 N–H and O–H groups in total. The minimum absolute atomic E-state index is 0.831. The molecule has 0 aromatic heterocycles. The third-order valence-electron chi connectivity index (χ3n) is 1.81. The van der Waals surface area contributed by atoms with Crippen molar-refractivity contribution in [1.82, 2.24) is 10.2 Å². The minimum Gasteiger partial charge on any atom is -0.379 e. The molecule has 0 atom stereocenters. The lowest BCUT2D eigenvalue weighted by atomic mass is 10.3. The molecule has 0 heterocycles. The zero-order chi connectivity index (χ0) is 9.94. The van der Waals surface area contributed by atoms with Gasteiger partial charge in [-0.05, 0) is 27.1 Å². The van der Waals surface area contributed by atoms with Crippen LogP contribution in [0.5, 0.6) is 0 Å². The van der Waals surface area contributed by atoms with Crippen LogP contribution in [0.15, 0.2) is 0 Å². The van der Waals surface area contributed by atoms with Gasteiger partial charge in [-0.1, -0.05) is 13.3 Å². The second kappa shape index (κ2) is 9.96. The van der Waals surface area contributed by atoms with Gasteiger partial charge < -0.3 is 15.0 Å². The highest BCUT2D eigenvalue weighted by atomic mass is 16.5. The van der Waals surface area contributed by atoms with Crippen LogP contribution in [0, 0.1) is 0 Å². The molecule has 13 heavy (non-hydrogen) atoms. The van der Waals surface area contributed by atoms with Crippen LogP contribution in [0.25, 0.3) is 0 Å². The van der Waals surface area contributed by atoms with E-state index in [-0.39, 0.29) is 0 Å². The van der Waals surface area contributed by atoms with E-state index in [2.05, 4.69) is 31.2 Å². The molecule has 0 aliphatic carbocycles. The molecule has 3 nitrogen and oxygen atoms in total. The first-order valence-corrected chi connectivity index (χ1v) is 5.20. The first-order chi connectivity index (χ1) is 6.27. The molecule has 0 radical (unpaired) electrons. The number of unbranched alkanes of at least 4 members (excludes halogenated alkanes) is 1. The van der Waals surface area contributed by atoms with Gasteiger partial charge in [0.05, 0.1) is 13.2 Å². The Bertz CT molecular complexity index is 96.9. The topological polar surface area (TPSA) is 24.5 Å². The standard InChI is InChI=1S/C10H24N2O/c1-4-5-6-11-7-9-13-10-8-12(2)3/h11H,4-10H2,1-3H3. The Balaban J connectivity index is 2.84. The summed E-state index contributed by atoms with van der Waals surface area (Å²) in [7, 11) is 4.12. The highest BCUT2D eigenvalue weighted by Gasteiger charge is 1.90. The van der Waals surface area contributed by atoms with E-state index < -0.39 is 0 Å². The highest BCUT2D eigenvalue weighted by Crippen LogP contribution is 1.82. The number of rotatable bonds is 9. The van der Waals surface area contributed by atoms with Gasteiger partial charge in [-0.3, -0.25) is 0 Å². The molecule has 80 valence electrons. The summed E-state index contributed by atoms with van der Waals surface area (Å²) in [4.78, 5) is 2.13. The highest BCUT2D eigenvalue weighted by molar-refractivity contribution is 4.46. The molecule has 0 saturated heterocycles. The van der Waals surface area contributed by atoms with E-state index in [4.69, 9.17) is 4.74 Å². The molecular weight excluding hydrogens is 164 g/mol. The van der Waals surface area contributed by atoms with E-state index in [1.807, 2.05) is 0 Å². The molecule has 0 rings (SSSR count). The maximum absolute atomic E-state index is 5.42. The maximum Gasteiger partial charge on any atom is 0.0593 e. The Morgan fingerprint density at radius 2 is 1.92 bits per heavy atom. The van der Waals surface area contributed by atoms with E-state index in [9.17, 15) is 0 Å². The summed E-state index contributed by atoms with van der Waals surface area (Å²) in [5.74, 6) is 0. The quantitative estimate of drug-likeness (QED) is 0.545. The van der Waals surface area contributed by atoms with Crippen molar-refractivity contribution in [2.45, 2.75) is 19.8 Å². The summed E-state index contributed by atoms with van der Waals surface area (Å²) in [5, 5.41) is 3.34. The average molecular weight is 188 g/mol. The lowest BCUT2D eigenvalue weighted by molar-refractivity contribution is 0.119. The molecule has 0 aromatic carbocycles. The monoisotopic (exact) mass is 188 g/mol. The van der Waals surface area contributed by atoms with Crippen molar-refractivity contribution in [2.75, 3.05) is 46.9 Å². The Hall–Kier alpha value is -0.120. The summed E-state index contributed by atoms with van der Waals surface area (Å²) < 4.78 is 5.42. The number of ether oxygens (including phenoxy) is 1. The number of hydrogen-bond acceptors (Lipinski definition) is 3. The van der Waals surface area contributed by atoms with Gasteiger partial charge in [-0.25, -0.2) is 0 Å². The lowest BCUT2D eigenvalue weighted by Gasteiger charge is -2.09. The van der Waals surface area contributed by atoms with Gasteiger partial charge in [0.2, 0.25) is 0 Å². The fraction of sp³-hybridized carbons (Fsp3) is 1.00. The fourth-order valence-electron chi connectivity index (χ4n) is 0.920. The molecule has 0 aliphatic rings. The van der Waals surface area contributed by atoms with Crippen LogP contribution < -0.4 is 5.32 Å². The maximum atomic E-state index is 5.42. The Morgan fingerprint density at radius 3 is 2.54 bits per heavy atom. The molecule has 0 amide bonds. The van der Waals surface area contributed by atoms with Crippen molar-refractivity contribution in [3.63, 3.8) is 0 Å². The smallest absolute Gasteiger partial charge is 0.0593 e. The van der Waals surface area contributed by atoms with Crippen LogP contribution >= 0.6 is 0 Å². The third-order valence-corrected chi connectivity index (χ3v) is 1.81. The summed E-state index contributed by atoms with van der Waals surface area (Å²) in [6.45, 7) is 6.98. The largest absolute Gasteiger partial charge is 0.379 e. The fourth-order valence-corrected chi connectivity index (χ4v) is 0.920. The van der Waals surface area contributed by atoms with Crippen molar-refractivity contribution in [3.05, 3.63) is 0 Å². The van der Waals surface area contributed by atoms with Crippen LogP contribution in [-0.4, -0.2) is 51.8 Å². The molecule has 0 aliphatic heterocycles. The first-order valence-electron chi connectivity index (χ1n) is 5.20. The molecule has 0 bridgehead atoms. The van der Waals surface area contributed by atoms with Crippen LogP contribution in [0.3, 0.4) is 0 Å². The van der Waals surface area contributed by atoms with Gasteiger partial charge in [0, 0.05) is 13.1 Å². The SMILES string of the molecule is CCCCNCCOCCN(C)C. The lowest BCUT2D eigenvalue weighted by Crippen LogP contribution is -2.23. The van der Waals surface area contributed by atoms with Gasteiger partial charge in [-0.2, -0.15) is 0 Å². The average Bonchev–Trinajstić information content (AvgIpc) is 2.09. The van der Waals surface area contributed by atoms with Crippen LogP contribution in [0.1, 0.15) is 19.8 Å².